The van der Waals surface area contributed by atoms with Gasteiger partial charge in [0.05, 0.1) is 6.10 Å². The van der Waals surface area contributed by atoms with Gasteiger partial charge >= 0.3 is 0 Å². The van der Waals surface area contributed by atoms with E-state index in [0.717, 1.165) is 31.5 Å². The van der Waals surface area contributed by atoms with Gasteiger partial charge in [-0.25, -0.2) is 0 Å². The maximum absolute atomic E-state index is 10.2. The third-order valence-electron chi connectivity index (χ3n) is 4.15. The zero-order chi connectivity index (χ0) is 13.9. The van der Waals surface area contributed by atoms with Crippen LogP contribution in [0, 0.1) is 0 Å². The lowest BCUT2D eigenvalue weighted by atomic mass is 9.97. The molecule has 1 aliphatic heterocycles. The average molecular weight is 267 g/mol. The second kappa shape index (κ2) is 5.68. The van der Waals surface area contributed by atoms with E-state index in [1.807, 2.05) is 19.1 Å². The molecule has 0 radical (unpaired) electrons. The lowest BCUT2D eigenvalue weighted by Gasteiger charge is -2.33. The Balaban J connectivity index is 1.92. The Morgan fingerprint density at radius 3 is 2.55 bits per heavy atom. The van der Waals surface area contributed by atoms with Gasteiger partial charge in [0.1, 0.15) is 0 Å². The van der Waals surface area contributed by atoms with Gasteiger partial charge in [0, 0.05) is 24.3 Å². The van der Waals surface area contributed by atoms with Crippen molar-refractivity contribution in [2.75, 3.05) is 11.4 Å². The molecule has 0 aliphatic carbocycles. The first kappa shape index (κ1) is 13.2. The second-order valence-corrected chi connectivity index (χ2v) is 5.42. The highest BCUT2D eigenvalue weighted by molar-refractivity contribution is 5.56. The van der Waals surface area contributed by atoms with Gasteiger partial charge in [0.25, 0.3) is 0 Å². The van der Waals surface area contributed by atoms with Crippen LogP contribution in [0.25, 0.3) is 0 Å². The van der Waals surface area contributed by atoms with Gasteiger partial charge in [0.15, 0.2) is 0 Å². The molecule has 0 amide bonds. The molecule has 104 valence electrons. The molecule has 2 heteroatoms. The number of rotatable bonds is 3. The van der Waals surface area contributed by atoms with E-state index in [4.69, 9.17) is 0 Å². The van der Waals surface area contributed by atoms with Crippen LogP contribution in [0.2, 0.25) is 0 Å². The molecule has 0 unspecified atom stereocenters. The van der Waals surface area contributed by atoms with Crippen molar-refractivity contribution in [2.45, 2.75) is 32.4 Å². The van der Waals surface area contributed by atoms with E-state index in [1.54, 1.807) is 0 Å². The van der Waals surface area contributed by atoms with E-state index >= 15 is 0 Å². The van der Waals surface area contributed by atoms with Gasteiger partial charge in [-0.1, -0.05) is 49.4 Å². The normalized spacial score (nSPS) is 15.8. The van der Waals surface area contributed by atoms with Crippen LogP contribution in [-0.4, -0.2) is 11.7 Å². The zero-order valence-corrected chi connectivity index (χ0v) is 11.9. The van der Waals surface area contributed by atoms with Crippen LogP contribution in [0.3, 0.4) is 0 Å². The summed E-state index contributed by atoms with van der Waals surface area (Å²) in [4.78, 5) is 2.39. The number of hydrogen-bond donors (Lipinski definition) is 1. The standard InChI is InChI=1S/C18H21NO/c1-2-18(20)16-9-5-6-10-17(16)19-12-11-14-7-3-4-8-15(14)13-19/h3-10,18,20H,2,11-13H2,1H3/t18-/m1/s1. The highest BCUT2D eigenvalue weighted by Gasteiger charge is 2.20. The lowest BCUT2D eigenvalue weighted by Crippen LogP contribution is -2.31. The van der Waals surface area contributed by atoms with Crippen LogP contribution in [0.5, 0.6) is 0 Å². The minimum Gasteiger partial charge on any atom is -0.388 e. The van der Waals surface area contributed by atoms with Gasteiger partial charge in [0.2, 0.25) is 0 Å². The Morgan fingerprint density at radius 1 is 1.05 bits per heavy atom. The molecule has 1 heterocycles. The molecule has 1 N–H and O–H groups in total. The van der Waals surface area contributed by atoms with Crippen molar-refractivity contribution >= 4 is 5.69 Å². The largest absolute Gasteiger partial charge is 0.388 e. The van der Waals surface area contributed by atoms with Crippen LogP contribution >= 0.6 is 0 Å². The fourth-order valence-corrected chi connectivity index (χ4v) is 2.98. The smallest absolute Gasteiger partial charge is 0.0807 e. The summed E-state index contributed by atoms with van der Waals surface area (Å²) in [5.41, 5.74) is 5.09. The molecular weight excluding hydrogens is 246 g/mol. The van der Waals surface area contributed by atoms with Crippen LogP contribution < -0.4 is 4.90 Å². The molecule has 1 atom stereocenters. The van der Waals surface area contributed by atoms with Crippen molar-refractivity contribution in [1.29, 1.82) is 0 Å². The second-order valence-electron chi connectivity index (χ2n) is 5.42. The average Bonchev–Trinajstić information content (AvgIpc) is 2.53. The molecule has 0 spiro atoms. The third-order valence-corrected chi connectivity index (χ3v) is 4.15. The highest BCUT2D eigenvalue weighted by Crippen LogP contribution is 2.31. The van der Waals surface area contributed by atoms with E-state index in [2.05, 4.69) is 41.3 Å². The number of hydrogen-bond acceptors (Lipinski definition) is 2. The summed E-state index contributed by atoms with van der Waals surface area (Å²) >= 11 is 0. The van der Waals surface area contributed by atoms with E-state index in [9.17, 15) is 5.11 Å². The monoisotopic (exact) mass is 267 g/mol. The third kappa shape index (κ3) is 2.44. The fraction of sp³-hybridized carbons (Fsp3) is 0.333. The Bertz CT molecular complexity index is 593. The molecule has 0 bridgehead atoms. The van der Waals surface area contributed by atoms with Crippen molar-refractivity contribution in [1.82, 2.24) is 0 Å². The van der Waals surface area contributed by atoms with E-state index in [0.29, 0.717) is 0 Å². The van der Waals surface area contributed by atoms with Crippen LogP contribution in [0.4, 0.5) is 5.69 Å². The van der Waals surface area contributed by atoms with E-state index in [-0.39, 0.29) is 6.10 Å². The summed E-state index contributed by atoms with van der Waals surface area (Å²) in [6, 6.07) is 16.9. The summed E-state index contributed by atoms with van der Waals surface area (Å²) in [6.07, 6.45) is 1.46. The Morgan fingerprint density at radius 2 is 1.75 bits per heavy atom. The first-order valence-corrected chi connectivity index (χ1v) is 7.38. The predicted molar refractivity (Wildman–Crippen MR) is 82.9 cm³/mol. The maximum Gasteiger partial charge on any atom is 0.0807 e. The van der Waals surface area contributed by atoms with Crippen molar-refractivity contribution in [2.24, 2.45) is 0 Å². The number of anilines is 1. The van der Waals surface area contributed by atoms with Crippen LogP contribution in [-0.2, 0) is 13.0 Å². The van der Waals surface area contributed by atoms with Gasteiger partial charge in [-0.3, -0.25) is 0 Å². The molecule has 0 aromatic heterocycles. The fourth-order valence-electron chi connectivity index (χ4n) is 2.98. The first-order chi connectivity index (χ1) is 9.79. The Hall–Kier alpha value is -1.80. The summed E-state index contributed by atoms with van der Waals surface area (Å²) < 4.78 is 0. The minimum atomic E-state index is -0.372. The number of nitrogens with zero attached hydrogens (tertiary/aromatic N) is 1. The molecule has 20 heavy (non-hydrogen) atoms. The minimum absolute atomic E-state index is 0.372. The molecular formula is C18H21NO. The molecule has 0 saturated carbocycles. The molecule has 3 rings (SSSR count). The predicted octanol–water partition coefficient (Wildman–Crippen LogP) is 3.69. The SMILES string of the molecule is CC[C@@H](O)c1ccccc1N1CCc2ccccc2C1. The van der Waals surface area contributed by atoms with Crippen molar-refractivity contribution < 1.29 is 5.11 Å². The topological polar surface area (TPSA) is 23.5 Å². The molecule has 2 aromatic rings. The van der Waals surface area contributed by atoms with Crippen LogP contribution in [0.15, 0.2) is 48.5 Å². The summed E-state index contributed by atoms with van der Waals surface area (Å²) in [7, 11) is 0. The molecule has 2 aromatic carbocycles. The van der Waals surface area contributed by atoms with E-state index in [1.165, 1.54) is 16.8 Å². The summed E-state index contributed by atoms with van der Waals surface area (Å²) in [6.45, 7) is 3.97. The van der Waals surface area contributed by atoms with Gasteiger partial charge in [-0.05, 0) is 30.0 Å². The molecule has 1 aliphatic rings. The number of benzene rings is 2. The zero-order valence-electron chi connectivity index (χ0n) is 11.9. The van der Waals surface area contributed by atoms with Crippen molar-refractivity contribution in [3.05, 3.63) is 65.2 Å². The Labute approximate surface area is 120 Å². The van der Waals surface area contributed by atoms with Gasteiger partial charge in [-0.2, -0.15) is 0 Å². The first-order valence-electron chi connectivity index (χ1n) is 7.38. The summed E-state index contributed by atoms with van der Waals surface area (Å²) in [5, 5.41) is 10.2. The maximum atomic E-state index is 10.2. The van der Waals surface area contributed by atoms with E-state index < -0.39 is 0 Å². The lowest BCUT2D eigenvalue weighted by molar-refractivity contribution is 0.174. The number of fused-ring (bicyclic) bond motifs is 1. The molecule has 0 fully saturated rings. The van der Waals surface area contributed by atoms with Crippen LogP contribution in [0.1, 0.15) is 36.1 Å². The summed E-state index contributed by atoms with van der Waals surface area (Å²) in [5.74, 6) is 0. The quantitative estimate of drug-likeness (QED) is 0.916. The number of aliphatic hydroxyl groups excluding tert-OH is 1. The van der Waals surface area contributed by atoms with Gasteiger partial charge < -0.3 is 10.0 Å². The van der Waals surface area contributed by atoms with Crippen molar-refractivity contribution in [3.63, 3.8) is 0 Å². The Kier molecular flexibility index (Phi) is 3.75. The molecule has 2 nitrogen and oxygen atoms in total. The number of aliphatic hydroxyl groups is 1. The van der Waals surface area contributed by atoms with Crippen molar-refractivity contribution in [3.8, 4) is 0 Å². The highest BCUT2D eigenvalue weighted by atomic mass is 16.3. The number of para-hydroxylation sites is 1. The van der Waals surface area contributed by atoms with Gasteiger partial charge in [-0.15, -0.1) is 0 Å². The molecule has 0 saturated heterocycles.